The number of carbonyl (C=O) groups is 1. The van der Waals surface area contributed by atoms with Gasteiger partial charge in [0, 0.05) is 30.2 Å². The maximum absolute atomic E-state index is 10.6. The fourth-order valence-corrected chi connectivity index (χ4v) is 1.71. The average Bonchev–Trinajstić information content (AvgIpc) is 2.28. The quantitative estimate of drug-likeness (QED) is 0.480. The van der Waals surface area contributed by atoms with Crippen molar-refractivity contribution in [2.75, 3.05) is 6.61 Å². The lowest BCUT2D eigenvalue weighted by Crippen LogP contribution is -2.09. The van der Waals surface area contributed by atoms with E-state index in [4.69, 9.17) is 9.84 Å². The van der Waals surface area contributed by atoms with Gasteiger partial charge in [-0.3, -0.25) is 10.1 Å². The van der Waals surface area contributed by atoms with Gasteiger partial charge in [0.05, 0.1) is 11.5 Å². The molecule has 17 heavy (non-hydrogen) atoms. The molecule has 0 saturated heterocycles. The zero-order chi connectivity index (χ0) is 12.4. The third-order valence-corrected chi connectivity index (χ3v) is 2.45. The van der Waals surface area contributed by atoms with E-state index >= 15 is 0 Å². The lowest BCUT2D eigenvalue weighted by molar-refractivity contribution is -0.384. The van der Waals surface area contributed by atoms with E-state index < -0.39 is 10.9 Å². The second kappa shape index (κ2) is 4.25. The number of rotatable bonds is 2. The van der Waals surface area contributed by atoms with Crippen molar-refractivity contribution in [3.8, 4) is 5.75 Å². The Hall–Kier alpha value is -2.37. The highest BCUT2D eigenvalue weighted by atomic mass is 16.6. The van der Waals surface area contributed by atoms with Crippen molar-refractivity contribution >= 4 is 17.2 Å². The second-order valence-electron chi connectivity index (χ2n) is 3.54. The molecule has 1 N–H and O–H groups in total. The first kappa shape index (κ1) is 11.1. The molecule has 0 spiro atoms. The molecular formula is C11H9NO5. The van der Waals surface area contributed by atoms with Gasteiger partial charge in [-0.05, 0) is 11.6 Å². The van der Waals surface area contributed by atoms with Crippen LogP contribution in [-0.2, 0) is 4.79 Å². The second-order valence-corrected chi connectivity index (χ2v) is 3.54. The maximum Gasteiger partial charge on any atom is 0.328 e. The number of nitro benzene ring substituents is 1. The van der Waals surface area contributed by atoms with E-state index in [9.17, 15) is 14.9 Å². The summed E-state index contributed by atoms with van der Waals surface area (Å²) in [4.78, 5) is 20.8. The fourth-order valence-electron chi connectivity index (χ4n) is 1.71. The van der Waals surface area contributed by atoms with Gasteiger partial charge < -0.3 is 9.84 Å². The van der Waals surface area contributed by atoms with Crippen LogP contribution >= 0.6 is 0 Å². The van der Waals surface area contributed by atoms with Gasteiger partial charge in [0.25, 0.3) is 5.69 Å². The molecule has 1 aromatic carbocycles. The highest BCUT2D eigenvalue weighted by Crippen LogP contribution is 2.35. The molecule has 88 valence electrons. The first-order valence-electron chi connectivity index (χ1n) is 4.93. The molecule has 1 aliphatic rings. The molecule has 0 aliphatic carbocycles. The summed E-state index contributed by atoms with van der Waals surface area (Å²) in [5.41, 5.74) is 0.945. The van der Waals surface area contributed by atoms with E-state index in [2.05, 4.69) is 0 Å². The molecule has 0 aromatic heterocycles. The number of nitro groups is 1. The van der Waals surface area contributed by atoms with Crippen LogP contribution < -0.4 is 4.74 Å². The summed E-state index contributed by atoms with van der Waals surface area (Å²) in [5.74, 6) is -0.589. The van der Waals surface area contributed by atoms with Crippen LogP contribution in [-0.4, -0.2) is 22.6 Å². The number of ether oxygens (including phenoxy) is 1. The van der Waals surface area contributed by atoms with Gasteiger partial charge in [-0.25, -0.2) is 4.79 Å². The van der Waals surface area contributed by atoms with Gasteiger partial charge in [0.15, 0.2) is 0 Å². The van der Waals surface area contributed by atoms with Crippen molar-refractivity contribution in [3.05, 3.63) is 40.0 Å². The number of carboxylic acids is 1. The van der Waals surface area contributed by atoms with Crippen molar-refractivity contribution in [2.45, 2.75) is 6.42 Å². The number of hydrogen-bond donors (Lipinski definition) is 1. The molecule has 6 nitrogen and oxygen atoms in total. The van der Waals surface area contributed by atoms with Gasteiger partial charge in [0.1, 0.15) is 5.75 Å². The minimum atomic E-state index is -1.07. The first-order valence-corrected chi connectivity index (χ1v) is 4.93. The number of nitrogens with zero attached hydrogens (tertiary/aromatic N) is 1. The average molecular weight is 235 g/mol. The molecule has 0 radical (unpaired) electrons. The largest absolute Gasteiger partial charge is 0.493 e. The number of fused-ring (bicyclic) bond motifs is 1. The maximum atomic E-state index is 10.6. The number of hydrogen-bond acceptors (Lipinski definition) is 4. The summed E-state index contributed by atoms with van der Waals surface area (Å²) in [6.07, 6.45) is 1.49. The van der Waals surface area contributed by atoms with Gasteiger partial charge in [0.2, 0.25) is 0 Å². The fraction of sp³-hybridized carbons (Fsp3) is 0.182. The van der Waals surface area contributed by atoms with E-state index in [1.807, 2.05) is 0 Å². The molecule has 0 atom stereocenters. The Balaban J connectivity index is 2.52. The minimum Gasteiger partial charge on any atom is -0.493 e. The topological polar surface area (TPSA) is 89.7 Å². The van der Waals surface area contributed by atoms with Crippen molar-refractivity contribution in [3.63, 3.8) is 0 Å². The lowest BCUT2D eigenvalue weighted by Gasteiger charge is -2.19. The number of aliphatic carboxylic acids is 1. The highest BCUT2D eigenvalue weighted by molar-refractivity contribution is 5.91. The number of non-ortho nitro benzene ring substituents is 1. The molecule has 2 rings (SSSR count). The Morgan fingerprint density at radius 1 is 1.53 bits per heavy atom. The Morgan fingerprint density at radius 2 is 2.29 bits per heavy atom. The van der Waals surface area contributed by atoms with E-state index in [1.165, 1.54) is 18.2 Å². The third-order valence-electron chi connectivity index (χ3n) is 2.45. The monoisotopic (exact) mass is 235 g/mol. The zero-order valence-electron chi connectivity index (χ0n) is 8.75. The Morgan fingerprint density at radius 3 is 2.94 bits per heavy atom. The standard InChI is InChI=1S/C11H9NO5/c13-11(14)5-7-3-4-17-10-2-1-8(12(15)16)6-9(7)10/h1-2,5-6H,3-4H2,(H,13,14)/b7-5+. The SMILES string of the molecule is O=C(O)/C=C1\CCOc2ccc([N+](=O)[O-])cc21. The molecule has 6 heteroatoms. The molecular weight excluding hydrogens is 226 g/mol. The van der Waals surface area contributed by atoms with Crippen LogP contribution in [0.25, 0.3) is 5.57 Å². The van der Waals surface area contributed by atoms with Crippen LogP contribution in [0.1, 0.15) is 12.0 Å². The normalized spacial score (nSPS) is 16.1. The molecule has 1 aromatic rings. The Bertz CT molecular complexity index is 521. The van der Waals surface area contributed by atoms with Crippen molar-refractivity contribution in [1.29, 1.82) is 0 Å². The van der Waals surface area contributed by atoms with Crippen molar-refractivity contribution < 1.29 is 19.6 Å². The summed E-state index contributed by atoms with van der Waals surface area (Å²) in [6.45, 7) is 0.379. The van der Waals surface area contributed by atoms with Crippen LogP contribution in [0.15, 0.2) is 24.3 Å². The summed E-state index contributed by atoms with van der Waals surface area (Å²) in [6, 6.07) is 4.16. The molecule has 0 amide bonds. The lowest BCUT2D eigenvalue weighted by atomic mass is 9.99. The summed E-state index contributed by atoms with van der Waals surface area (Å²) in [5, 5.41) is 19.4. The van der Waals surface area contributed by atoms with Crippen LogP contribution in [0.4, 0.5) is 5.69 Å². The molecule has 0 unspecified atom stereocenters. The van der Waals surface area contributed by atoms with Crippen molar-refractivity contribution in [1.82, 2.24) is 0 Å². The minimum absolute atomic E-state index is 0.0782. The van der Waals surface area contributed by atoms with Crippen LogP contribution in [0.3, 0.4) is 0 Å². The Labute approximate surface area is 96.3 Å². The first-order chi connectivity index (χ1) is 8.08. The van der Waals surface area contributed by atoms with E-state index in [0.717, 1.165) is 6.08 Å². The number of benzene rings is 1. The summed E-state index contributed by atoms with van der Waals surface area (Å²) < 4.78 is 5.31. The predicted molar refractivity (Wildman–Crippen MR) is 58.8 cm³/mol. The van der Waals surface area contributed by atoms with Gasteiger partial charge in [-0.1, -0.05) is 0 Å². The van der Waals surface area contributed by atoms with Gasteiger partial charge in [-0.15, -0.1) is 0 Å². The summed E-state index contributed by atoms with van der Waals surface area (Å²) in [7, 11) is 0. The predicted octanol–water partition coefficient (Wildman–Crippen LogP) is 1.85. The molecule has 1 heterocycles. The van der Waals surface area contributed by atoms with E-state index in [1.54, 1.807) is 0 Å². The van der Waals surface area contributed by atoms with E-state index in [0.29, 0.717) is 29.9 Å². The molecule has 1 aliphatic heterocycles. The van der Waals surface area contributed by atoms with Crippen molar-refractivity contribution in [2.24, 2.45) is 0 Å². The number of carboxylic acid groups (broad SMARTS) is 1. The highest BCUT2D eigenvalue weighted by Gasteiger charge is 2.19. The van der Waals surface area contributed by atoms with E-state index in [-0.39, 0.29) is 5.69 Å². The Kier molecular flexibility index (Phi) is 2.78. The third kappa shape index (κ3) is 2.25. The molecule has 0 bridgehead atoms. The summed E-state index contributed by atoms with van der Waals surface area (Å²) >= 11 is 0. The zero-order valence-corrected chi connectivity index (χ0v) is 8.75. The smallest absolute Gasteiger partial charge is 0.328 e. The van der Waals surface area contributed by atoms with Crippen LogP contribution in [0.5, 0.6) is 5.75 Å². The van der Waals surface area contributed by atoms with Crippen LogP contribution in [0.2, 0.25) is 0 Å². The molecule has 0 saturated carbocycles. The van der Waals surface area contributed by atoms with Gasteiger partial charge >= 0.3 is 5.97 Å². The van der Waals surface area contributed by atoms with Gasteiger partial charge in [-0.2, -0.15) is 0 Å². The van der Waals surface area contributed by atoms with Crippen LogP contribution in [0, 0.1) is 10.1 Å². The molecule has 0 fully saturated rings.